The Morgan fingerprint density at radius 2 is 2.13 bits per heavy atom. The van der Waals surface area contributed by atoms with Gasteiger partial charge in [-0.25, -0.2) is 4.52 Å². The highest BCUT2D eigenvalue weighted by Gasteiger charge is 2.31. The zero-order chi connectivity index (χ0) is 21.0. The third kappa shape index (κ3) is 2.69. The minimum Gasteiger partial charge on any atom is -0.460 e. The molecule has 0 spiro atoms. The van der Waals surface area contributed by atoms with Gasteiger partial charge in [-0.1, -0.05) is 0 Å². The van der Waals surface area contributed by atoms with Crippen LogP contribution in [0.1, 0.15) is 45.4 Å². The minimum absolute atomic E-state index is 0.0246. The maximum absolute atomic E-state index is 12.9. The molecule has 1 atom stereocenters. The lowest BCUT2D eigenvalue weighted by Crippen LogP contribution is -2.49. The Kier molecular flexibility index (Phi) is 4.13. The van der Waals surface area contributed by atoms with Crippen LogP contribution in [0.5, 0.6) is 11.5 Å². The van der Waals surface area contributed by atoms with Gasteiger partial charge in [0.25, 0.3) is 5.91 Å². The molecule has 1 aromatic carbocycles. The van der Waals surface area contributed by atoms with Crippen molar-refractivity contribution in [3.05, 3.63) is 59.1 Å². The van der Waals surface area contributed by atoms with Gasteiger partial charge in [-0.05, 0) is 44.9 Å². The summed E-state index contributed by atoms with van der Waals surface area (Å²) in [5, 5.41) is 5.11. The van der Waals surface area contributed by atoms with Gasteiger partial charge in [-0.2, -0.15) is 5.10 Å². The SMILES string of the molecule is Cc1oc2cc(Oc3ccnn4cc(C(=O)N5CCC5C)c(C)c34)ccc2c1C=O. The van der Waals surface area contributed by atoms with Crippen LogP contribution in [0.2, 0.25) is 0 Å². The van der Waals surface area contributed by atoms with Crippen molar-refractivity contribution < 1.29 is 18.7 Å². The number of carbonyl (C=O) groups is 2. The number of ether oxygens (including phenoxy) is 1. The second-order valence-corrected chi connectivity index (χ2v) is 7.74. The summed E-state index contributed by atoms with van der Waals surface area (Å²) in [7, 11) is 0. The van der Waals surface area contributed by atoms with E-state index >= 15 is 0 Å². The summed E-state index contributed by atoms with van der Waals surface area (Å²) in [4.78, 5) is 26.1. The average Bonchev–Trinajstić information content (AvgIpc) is 3.22. The highest BCUT2D eigenvalue weighted by molar-refractivity contribution is 5.99. The molecule has 1 aliphatic rings. The van der Waals surface area contributed by atoms with Crippen LogP contribution in [0.15, 0.2) is 41.1 Å². The summed E-state index contributed by atoms with van der Waals surface area (Å²) in [6, 6.07) is 7.42. The van der Waals surface area contributed by atoms with Crippen molar-refractivity contribution >= 4 is 28.7 Å². The molecular formula is C23H21N3O4. The van der Waals surface area contributed by atoms with E-state index in [0.29, 0.717) is 34.0 Å². The van der Waals surface area contributed by atoms with Gasteiger partial charge in [-0.3, -0.25) is 9.59 Å². The maximum atomic E-state index is 12.9. The molecule has 0 aliphatic carbocycles. The number of carbonyl (C=O) groups excluding carboxylic acids is 2. The van der Waals surface area contributed by atoms with Crippen LogP contribution in [-0.2, 0) is 0 Å². The second kappa shape index (κ2) is 6.73. The Labute approximate surface area is 172 Å². The average molecular weight is 403 g/mol. The predicted octanol–water partition coefficient (Wildman–Crippen LogP) is 4.54. The summed E-state index contributed by atoms with van der Waals surface area (Å²) in [5.74, 6) is 1.77. The molecule has 1 fully saturated rings. The molecule has 30 heavy (non-hydrogen) atoms. The van der Waals surface area contributed by atoms with E-state index in [0.717, 1.165) is 35.7 Å². The highest BCUT2D eigenvalue weighted by atomic mass is 16.5. The molecule has 1 aliphatic heterocycles. The summed E-state index contributed by atoms with van der Waals surface area (Å²) in [6.45, 7) is 6.52. The van der Waals surface area contributed by atoms with Crippen LogP contribution < -0.4 is 4.74 Å². The molecule has 7 nitrogen and oxygen atoms in total. The molecule has 1 amide bonds. The first kappa shape index (κ1) is 18.4. The zero-order valence-electron chi connectivity index (χ0n) is 17.0. The van der Waals surface area contributed by atoms with Crippen molar-refractivity contribution in [3.63, 3.8) is 0 Å². The van der Waals surface area contributed by atoms with Crippen LogP contribution in [0.3, 0.4) is 0 Å². The van der Waals surface area contributed by atoms with Crippen LogP contribution in [0, 0.1) is 13.8 Å². The van der Waals surface area contributed by atoms with Gasteiger partial charge in [0.1, 0.15) is 22.6 Å². The number of hydrogen-bond acceptors (Lipinski definition) is 5. The molecule has 3 aromatic heterocycles. The minimum atomic E-state index is 0.0246. The molecule has 4 aromatic rings. The number of amides is 1. The summed E-state index contributed by atoms with van der Waals surface area (Å²) >= 11 is 0. The van der Waals surface area contributed by atoms with E-state index in [2.05, 4.69) is 12.0 Å². The molecule has 5 rings (SSSR count). The van der Waals surface area contributed by atoms with Crippen LogP contribution in [-0.4, -0.2) is 39.3 Å². The quantitative estimate of drug-likeness (QED) is 0.468. The fourth-order valence-corrected chi connectivity index (χ4v) is 4.05. The monoisotopic (exact) mass is 403 g/mol. The molecule has 1 saturated heterocycles. The van der Waals surface area contributed by atoms with Crippen molar-refractivity contribution in [2.45, 2.75) is 33.2 Å². The lowest BCUT2D eigenvalue weighted by atomic mass is 10.0. The fraction of sp³-hybridized carbons (Fsp3) is 0.261. The number of rotatable bonds is 4. The summed E-state index contributed by atoms with van der Waals surface area (Å²) in [5.41, 5.74) is 3.36. The first-order valence-electron chi connectivity index (χ1n) is 9.92. The zero-order valence-corrected chi connectivity index (χ0v) is 17.0. The molecule has 152 valence electrons. The van der Waals surface area contributed by atoms with Crippen LogP contribution in [0.25, 0.3) is 16.5 Å². The number of likely N-dealkylation sites (tertiary alicyclic amines) is 1. The Morgan fingerprint density at radius 3 is 2.83 bits per heavy atom. The largest absolute Gasteiger partial charge is 0.460 e. The number of aromatic nitrogens is 2. The van der Waals surface area contributed by atoms with Gasteiger partial charge in [0, 0.05) is 36.3 Å². The number of furan rings is 1. The number of benzene rings is 1. The maximum Gasteiger partial charge on any atom is 0.256 e. The molecule has 4 heterocycles. The Hall–Kier alpha value is -3.61. The van der Waals surface area contributed by atoms with E-state index in [1.165, 1.54) is 0 Å². The topological polar surface area (TPSA) is 77.1 Å². The predicted molar refractivity (Wildman–Crippen MR) is 111 cm³/mol. The van der Waals surface area contributed by atoms with Crippen molar-refractivity contribution in [3.8, 4) is 11.5 Å². The molecule has 0 N–H and O–H groups in total. The van der Waals surface area contributed by atoms with Crippen LogP contribution >= 0.6 is 0 Å². The van der Waals surface area contributed by atoms with E-state index in [-0.39, 0.29) is 11.9 Å². The number of nitrogens with zero attached hydrogens (tertiary/aromatic N) is 3. The highest BCUT2D eigenvalue weighted by Crippen LogP contribution is 2.34. The van der Waals surface area contributed by atoms with Crippen LogP contribution in [0.4, 0.5) is 0 Å². The summed E-state index contributed by atoms with van der Waals surface area (Å²) in [6.07, 6.45) is 5.24. The van der Waals surface area contributed by atoms with Crippen molar-refractivity contribution in [2.75, 3.05) is 6.54 Å². The lowest BCUT2D eigenvalue weighted by molar-refractivity contribution is 0.0501. The fourth-order valence-electron chi connectivity index (χ4n) is 4.05. The summed E-state index contributed by atoms with van der Waals surface area (Å²) < 4.78 is 13.5. The Bertz CT molecular complexity index is 1320. The number of aryl methyl sites for hydroxylation is 2. The molecule has 0 bridgehead atoms. The Balaban J connectivity index is 1.54. The lowest BCUT2D eigenvalue weighted by Gasteiger charge is -2.38. The van der Waals surface area contributed by atoms with Gasteiger partial charge in [-0.15, -0.1) is 0 Å². The number of aldehydes is 1. The van der Waals surface area contributed by atoms with Gasteiger partial charge in [0.05, 0.1) is 17.3 Å². The smallest absolute Gasteiger partial charge is 0.256 e. The van der Waals surface area contributed by atoms with Gasteiger partial charge in [0.15, 0.2) is 12.0 Å². The molecule has 1 unspecified atom stereocenters. The third-order valence-corrected chi connectivity index (χ3v) is 5.93. The van der Waals surface area contributed by atoms with Crippen molar-refractivity contribution in [1.29, 1.82) is 0 Å². The number of fused-ring (bicyclic) bond motifs is 2. The molecule has 0 saturated carbocycles. The van der Waals surface area contributed by atoms with E-state index in [1.54, 1.807) is 42.0 Å². The second-order valence-electron chi connectivity index (χ2n) is 7.74. The normalized spacial score (nSPS) is 16.1. The Morgan fingerprint density at radius 1 is 1.30 bits per heavy atom. The van der Waals surface area contributed by atoms with E-state index in [1.807, 2.05) is 17.9 Å². The van der Waals surface area contributed by atoms with E-state index in [9.17, 15) is 9.59 Å². The first-order valence-corrected chi connectivity index (χ1v) is 9.92. The van der Waals surface area contributed by atoms with E-state index < -0.39 is 0 Å². The van der Waals surface area contributed by atoms with E-state index in [4.69, 9.17) is 9.15 Å². The van der Waals surface area contributed by atoms with Gasteiger partial charge in [0.2, 0.25) is 0 Å². The first-order chi connectivity index (χ1) is 14.5. The van der Waals surface area contributed by atoms with Gasteiger partial charge >= 0.3 is 0 Å². The molecule has 7 heteroatoms. The third-order valence-electron chi connectivity index (χ3n) is 5.93. The van der Waals surface area contributed by atoms with Crippen molar-refractivity contribution in [2.24, 2.45) is 0 Å². The van der Waals surface area contributed by atoms with Crippen molar-refractivity contribution in [1.82, 2.24) is 14.5 Å². The molecular weight excluding hydrogens is 382 g/mol. The molecule has 0 radical (unpaired) electrons. The number of hydrogen-bond donors (Lipinski definition) is 0. The van der Waals surface area contributed by atoms with Gasteiger partial charge < -0.3 is 14.1 Å². The standard InChI is InChI=1S/C23H21N3O4/c1-13-7-9-25(13)23(28)18-11-26-22(14(18)2)20(6-8-24-26)30-16-4-5-17-19(12-27)15(3)29-21(17)10-16/h4-6,8,10-13H,7,9H2,1-3H3.